The number of phosphoric ester groups is 1. The highest BCUT2D eigenvalue weighted by molar-refractivity contribution is 7.47. The molecule has 0 aromatic rings. The zero-order valence-corrected chi connectivity index (χ0v) is 49.2. The number of nitrogens with two attached hydrogens (primary N) is 1. The lowest BCUT2D eigenvalue weighted by molar-refractivity contribution is -0.161. The summed E-state index contributed by atoms with van der Waals surface area (Å²) in [5.74, 6) is -0.839. The molecule has 0 saturated carbocycles. The Bertz CT molecular complexity index is 1550. The van der Waals surface area contributed by atoms with Crippen molar-refractivity contribution in [1.82, 2.24) is 0 Å². The third kappa shape index (κ3) is 60.0. The fraction of sp³-hybridized carbons (Fsp3) is 0.723. The minimum atomic E-state index is -4.40. The van der Waals surface area contributed by atoms with Gasteiger partial charge in [-0.3, -0.25) is 18.6 Å². The molecule has 0 aliphatic carbocycles. The maximum atomic E-state index is 12.7. The van der Waals surface area contributed by atoms with Crippen molar-refractivity contribution in [3.63, 3.8) is 0 Å². The lowest BCUT2D eigenvalue weighted by Crippen LogP contribution is -2.29. The maximum absolute atomic E-state index is 12.7. The van der Waals surface area contributed by atoms with Crippen molar-refractivity contribution >= 4 is 19.8 Å². The molecule has 0 spiro atoms. The largest absolute Gasteiger partial charge is 0.472 e. The Hall–Kier alpha value is -3.07. The average Bonchev–Trinajstić information content (AvgIpc) is 3.40. The molecule has 2 unspecified atom stereocenters. The molecule has 3 N–H and O–H groups in total. The molecule has 0 aliphatic rings. The Morgan fingerprint density at radius 1 is 0.413 bits per heavy atom. The maximum Gasteiger partial charge on any atom is 0.472 e. The van der Waals surface area contributed by atoms with E-state index in [-0.39, 0.29) is 32.6 Å². The molecule has 0 radical (unpaired) electrons. The van der Waals surface area contributed by atoms with Crippen LogP contribution in [0.3, 0.4) is 0 Å². The topological polar surface area (TPSA) is 134 Å². The highest BCUT2D eigenvalue weighted by Crippen LogP contribution is 2.43. The lowest BCUT2D eigenvalue weighted by atomic mass is 10.0. The summed E-state index contributed by atoms with van der Waals surface area (Å²) in [6.45, 7) is 3.62. The average molecular weight is 1070 g/mol. The quantitative estimate of drug-likeness (QED) is 0.0264. The van der Waals surface area contributed by atoms with Gasteiger partial charge in [-0.15, -0.1) is 0 Å². The first-order chi connectivity index (χ1) is 36.8. The highest BCUT2D eigenvalue weighted by Gasteiger charge is 2.26. The number of esters is 2. The number of carbonyl (C=O) groups excluding carboxylic acids is 2. The number of rotatable bonds is 57. The smallest absolute Gasteiger partial charge is 0.462 e. The van der Waals surface area contributed by atoms with E-state index in [2.05, 4.69) is 111 Å². The van der Waals surface area contributed by atoms with Crippen LogP contribution in [0.2, 0.25) is 0 Å². The molecule has 75 heavy (non-hydrogen) atoms. The molecular weight excluding hydrogens is 954 g/mol. The van der Waals surface area contributed by atoms with Gasteiger partial charge in [0.05, 0.1) is 13.2 Å². The van der Waals surface area contributed by atoms with Gasteiger partial charge in [0, 0.05) is 19.4 Å². The van der Waals surface area contributed by atoms with Crippen molar-refractivity contribution in [2.75, 3.05) is 26.4 Å². The minimum absolute atomic E-state index is 0.0484. The Morgan fingerprint density at radius 3 is 1.09 bits per heavy atom. The Balaban J connectivity index is 3.94. The van der Waals surface area contributed by atoms with E-state index in [1.165, 1.54) is 141 Å². The molecule has 0 aromatic carbocycles. The third-order valence-corrected chi connectivity index (χ3v) is 13.9. The SMILES string of the molecule is CC/C=C\C/C=C\C/C=C\C/C=C\C/C=C\CCCCCCCCCCCCCCCCCCCC(=O)OC(COC(=O)CCCCCCCC/C=C\C/C=C\C/C=C\CCCCCCC)COP(=O)(O)OCCN. The van der Waals surface area contributed by atoms with Gasteiger partial charge in [-0.2, -0.15) is 0 Å². The van der Waals surface area contributed by atoms with E-state index in [0.717, 1.165) is 89.9 Å². The Morgan fingerprint density at radius 2 is 0.733 bits per heavy atom. The van der Waals surface area contributed by atoms with Crippen molar-refractivity contribution < 1.29 is 37.6 Å². The molecule has 10 heteroatoms. The number of phosphoric acid groups is 1. The van der Waals surface area contributed by atoms with E-state index in [0.29, 0.717) is 12.8 Å². The van der Waals surface area contributed by atoms with E-state index in [4.69, 9.17) is 24.3 Å². The van der Waals surface area contributed by atoms with E-state index in [1.54, 1.807) is 0 Å². The molecule has 0 amide bonds. The van der Waals surface area contributed by atoms with Gasteiger partial charge < -0.3 is 20.1 Å². The normalized spacial score (nSPS) is 13.7. The lowest BCUT2D eigenvalue weighted by Gasteiger charge is -2.19. The van der Waals surface area contributed by atoms with Gasteiger partial charge in [-0.1, -0.05) is 259 Å². The fourth-order valence-corrected chi connectivity index (χ4v) is 9.20. The summed E-state index contributed by atoms with van der Waals surface area (Å²) in [5, 5.41) is 0. The summed E-state index contributed by atoms with van der Waals surface area (Å²) in [6, 6.07) is 0. The van der Waals surface area contributed by atoms with Gasteiger partial charge in [-0.25, -0.2) is 4.57 Å². The molecule has 0 saturated heterocycles. The van der Waals surface area contributed by atoms with Gasteiger partial charge in [0.25, 0.3) is 0 Å². The van der Waals surface area contributed by atoms with Gasteiger partial charge in [0.2, 0.25) is 0 Å². The molecule has 9 nitrogen and oxygen atoms in total. The molecule has 0 fully saturated rings. The molecule has 0 bridgehead atoms. The van der Waals surface area contributed by atoms with Crippen LogP contribution in [0, 0.1) is 0 Å². The number of ether oxygens (including phenoxy) is 2. The first-order valence-electron chi connectivity index (χ1n) is 30.7. The molecule has 0 rings (SSSR count). The van der Waals surface area contributed by atoms with E-state index < -0.39 is 32.5 Å². The standard InChI is InChI=1S/C65H114NO8P/c1-3-5-7-9-11-13-15-17-19-21-23-25-26-27-28-29-30-31-32-33-34-35-36-38-40-42-44-46-48-50-52-54-56-58-65(68)74-63(62-73-75(69,70)72-60-59-66)61-71-64(67)57-55-53-51-49-47-45-43-41-39-37-24-22-20-18-16-14-12-10-8-6-4-2/h5,7,11,13,16-19,22-25,27-28,39,41,63H,3-4,6,8-10,12,14-15,20-21,26,29-38,40,42-62,66H2,1-2H3,(H,69,70)/b7-5-,13-11-,18-16-,19-17-,24-22-,25-23-,28-27-,41-39-. The summed E-state index contributed by atoms with van der Waals surface area (Å²) in [6.07, 6.45) is 80.4. The summed E-state index contributed by atoms with van der Waals surface area (Å²) < 4.78 is 33.1. The van der Waals surface area contributed by atoms with Crippen LogP contribution in [0.5, 0.6) is 0 Å². The number of unbranched alkanes of at least 4 members (excludes halogenated alkanes) is 28. The van der Waals surface area contributed by atoms with Gasteiger partial charge >= 0.3 is 19.8 Å². The molecular formula is C65H114NO8P. The number of hydrogen-bond acceptors (Lipinski definition) is 8. The van der Waals surface area contributed by atoms with Crippen molar-refractivity contribution in [3.05, 3.63) is 97.2 Å². The van der Waals surface area contributed by atoms with Crippen LogP contribution in [0.25, 0.3) is 0 Å². The second-order valence-corrected chi connectivity index (χ2v) is 21.6. The highest BCUT2D eigenvalue weighted by atomic mass is 31.2. The van der Waals surface area contributed by atoms with Crippen molar-refractivity contribution in [2.45, 2.75) is 277 Å². The predicted octanol–water partition coefficient (Wildman–Crippen LogP) is 19.6. The van der Waals surface area contributed by atoms with Gasteiger partial charge in [0.1, 0.15) is 6.61 Å². The van der Waals surface area contributed by atoms with Crippen molar-refractivity contribution in [2.24, 2.45) is 5.73 Å². The second-order valence-electron chi connectivity index (χ2n) is 20.2. The van der Waals surface area contributed by atoms with Crippen LogP contribution in [0.4, 0.5) is 0 Å². The molecule has 0 aliphatic heterocycles. The Labute approximate surface area is 461 Å². The zero-order chi connectivity index (χ0) is 54.5. The molecule has 0 aromatic heterocycles. The van der Waals surface area contributed by atoms with Crippen molar-refractivity contribution in [3.8, 4) is 0 Å². The second kappa shape index (κ2) is 60.2. The first-order valence-corrected chi connectivity index (χ1v) is 32.2. The van der Waals surface area contributed by atoms with Crippen LogP contribution in [-0.4, -0.2) is 49.3 Å². The molecule has 2 atom stereocenters. The van der Waals surface area contributed by atoms with E-state index in [1.807, 2.05) is 0 Å². The third-order valence-electron chi connectivity index (χ3n) is 13.0. The van der Waals surface area contributed by atoms with Crippen LogP contribution >= 0.6 is 7.82 Å². The number of allylic oxidation sites excluding steroid dienone is 16. The number of hydrogen-bond donors (Lipinski definition) is 2. The van der Waals surface area contributed by atoms with Crippen LogP contribution in [0.15, 0.2) is 97.2 Å². The monoisotopic (exact) mass is 1070 g/mol. The van der Waals surface area contributed by atoms with Crippen molar-refractivity contribution in [1.29, 1.82) is 0 Å². The summed E-state index contributed by atoms with van der Waals surface area (Å²) in [7, 11) is -4.40. The van der Waals surface area contributed by atoms with Crippen LogP contribution in [0.1, 0.15) is 271 Å². The summed E-state index contributed by atoms with van der Waals surface area (Å²) in [4.78, 5) is 35.2. The Kier molecular flexibility index (Phi) is 57.7. The minimum Gasteiger partial charge on any atom is -0.462 e. The molecule has 432 valence electrons. The fourth-order valence-electron chi connectivity index (χ4n) is 8.44. The van der Waals surface area contributed by atoms with E-state index >= 15 is 0 Å². The van der Waals surface area contributed by atoms with E-state index in [9.17, 15) is 19.0 Å². The zero-order valence-electron chi connectivity index (χ0n) is 48.3. The summed E-state index contributed by atoms with van der Waals surface area (Å²) >= 11 is 0. The van der Waals surface area contributed by atoms with Gasteiger partial charge in [0.15, 0.2) is 6.10 Å². The van der Waals surface area contributed by atoms with Crippen LogP contribution < -0.4 is 5.73 Å². The predicted molar refractivity (Wildman–Crippen MR) is 321 cm³/mol. The van der Waals surface area contributed by atoms with Crippen LogP contribution in [-0.2, 0) is 32.7 Å². The van der Waals surface area contributed by atoms with Gasteiger partial charge in [-0.05, 0) is 96.3 Å². The number of carbonyl (C=O) groups is 2. The summed E-state index contributed by atoms with van der Waals surface area (Å²) in [5.41, 5.74) is 5.39. The molecule has 0 heterocycles. The first kappa shape index (κ1) is 71.9.